The topological polar surface area (TPSA) is 144 Å². The molecule has 1 saturated heterocycles. The number of amides is 2. The number of primary amides is 1. The maximum atomic E-state index is 12.7. The van der Waals surface area contributed by atoms with Crippen molar-refractivity contribution >= 4 is 33.7 Å². The Bertz CT molecular complexity index is 1490. The first-order chi connectivity index (χ1) is 17.5. The molecule has 1 atom stereocenters. The quantitative estimate of drug-likeness (QED) is 0.322. The maximum Gasteiger partial charge on any atom is 0.253 e. The first-order valence-electron chi connectivity index (χ1n) is 12.0. The minimum Gasteiger partial charge on any atom is -0.391 e. The average Bonchev–Trinajstić information content (AvgIpc) is 3.48. The smallest absolute Gasteiger partial charge is 0.253 e. The van der Waals surface area contributed by atoms with Crippen LogP contribution in [-0.2, 0) is 11.3 Å². The fourth-order valence-corrected chi connectivity index (χ4v) is 6.01. The summed E-state index contributed by atoms with van der Waals surface area (Å²) in [5, 5.41) is 21.6. The number of nitrogens with zero attached hydrogens (tertiary/aromatic N) is 6. The number of aromatic nitrogens is 5. The van der Waals surface area contributed by atoms with Gasteiger partial charge in [-0.3, -0.25) is 24.2 Å². The fourth-order valence-electron chi connectivity index (χ4n) is 4.81. The van der Waals surface area contributed by atoms with Gasteiger partial charge in [0.2, 0.25) is 5.91 Å². The van der Waals surface area contributed by atoms with Crippen molar-refractivity contribution in [3.05, 3.63) is 42.1 Å². The number of hydrogen-bond donors (Lipinski definition) is 3. The number of thiazole rings is 1. The zero-order valence-corrected chi connectivity index (χ0v) is 22.0. The summed E-state index contributed by atoms with van der Waals surface area (Å²) in [5.41, 5.74) is 9.75. The SMILES string of the molecule is Cc1ncc(NC(=O)CN2CC(C)(C)C2)cc1-c1c(-c2cnn(CC(C)O)c2)sc2c(C(N)=O)cnn12. The molecule has 5 heterocycles. The van der Waals surface area contributed by atoms with Crippen LogP contribution in [0, 0.1) is 12.3 Å². The van der Waals surface area contributed by atoms with Gasteiger partial charge in [0.25, 0.3) is 5.91 Å². The number of rotatable bonds is 8. The van der Waals surface area contributed by atoms with E-state index in [2.05, 4.69) is 39.2 Å². The summed E-state index contributed by atoms with van der Waals surface area (Å²) in [5.74, 6) is -0.665. The van der Waals surface area contributed by atoms with Crippen molar-refractivity contribution in [2.75, 3.05) is 25.0 Å². The molecule has 0 radical (unpaired) electrons. The van der Waals surface area contributed by atoms with E-state index in [0.29, 0.717) is 29.2 Å². The monoisotopic (exact) mass is 522 g/mol. The van der Waals surface area contributed by atoms with Crippen molar-refractivity contribution in [3.63, 3.8) is 0 Å². The molecule has 5 rings (SSSR count). The van der Waals surface area contributed by atoms with Crippen LogP contribution in [0.5, 0.6) is 0 Å². The van der Waals surface area contributed by atoms with Crippen molar-refractivity contribution < 1.29 is 14.7 Å². The molecular formula is C25H30N8O3S. The summed E-state index contributed by atoms with van der Waals surface area (Å²) >= 11 is 1.37. The van der Waals surface area contributed by atoms with E-state index in [1.54, 1.807) is 28.5 Å². The number of carbonyl (C=O) groups excluding carboxylic acids is 2. The lowest BCUT2D eigenvalue weighted by Gasteiger charge is -2.45. The molecular weight excluding hydrogens is 492 g/mol. The summed E-state index contributed by atoms with van der Waals surface area (Å²) < 4.78 is 3.35. The normalized spacial score (nSPS) is 16.0. The predicted molar refractivity (Wildman–Crippen MR) is 141 cm³/mol. The van der Waals surface area contributed by atoms with Crippen molar-refractivity contribution in [3.8, 4) is 21.7 Å². The Balaban J connectivity index is 1.53. The lowest BCUT2D eigenvalue weighted by molar-refractivity contribution is -0.120. The first-order valence-corrected chi connectivity index (χ1v) is 12.8. The van der Waals surface area contributed by atoms with Gasteiger partial charge >= 0.3 is 0 Å². The largest absolute Gasteiger partial charge is 0.391 e. The number of fused-ring (bicyclic) bond motifs is 1. The Hall–Kier alpha value is -3.61. The molecule has 37 heavy (non-hydrogen) atoms. The molecule has 2 amide bonds. The van der Waals surface area contributed by atoms with Crippen LogP contribution >= 0.6 is 11.3 Å². The number of anilines is 1. The zero-order valence-electron chi connectivity index (χ0n) is 21.2. The minimum absolute atomic E-state index is 0.0997. The number of pyridine rings is 1. The molecule has 0 saturated carbocycles. The lowest BCUT2D eigenvalue weighted by Crippen LogP contribution is -2.54. The Morgan fingerprint density at radius 3 is 2.68 bits per heavy atom. The number of likely N-dealkylation sites (tertiary alicyclic amines) is 1. The Morgan fingerprint density at radius 2 is 2.00 bits per heavy atom. The van der Waals surface area contributed by atoms with E-state index in [1.807, 2.05) is 19.2 Å². The molecule has 194 valence electrons. The predicted octanol–water partition coefficient (Wildman–Crippen LogP) is 2.39. The van der Waals surface area contributed by atoms with Gasteiger partial charge in [-0.05, 0) is 25.3 Å². The maximum absolute atomic E-state index is 12.7. The molecule has 0 bridgehead atoms. The van der Waals surface area contributed by atoms with Gasteiger partial charge in [0.05, 0.1) is 59.6 Å². The molecule has 4 aromatic rings. The van der Waals surface area contributed by atoms with Gasteiger partial charge in [-0.15, -0.1) is 11.3 Å². The van der Waals surface area contributed by atoms with E-state index in [1.165, 1.54) is 17.5 Å². The minimum atomic E-state index is -0.566. The molecule has 4 N–H and O–H groups in total. The molecule has 0 aliphatic carbocycles. The van der Waals surface area contributed by atoms with Crippen LogP contribution in [0.15, 0.2) is 30.9 Å². The number of aryl methyl sites for hydroxylation is 1. The Kier molecular flexibility index (Phi) is 6.34. The molecule has 1 aliphatic heterocycles. The fraction of sp³-hybridized carbons (Fsp3) is 0.400. The van der Waals surface area contributed by atoms with Gasteiger partial charge < -0.3 is 16.2 Å². The Morgan fingerprint density at radius 1 is 1.24 bits per heavy atom. The molecule has 4 aromatic heterocycles. The number of aliphatic hydroxyl groups excluding tert-OH is 1. The summed E-state index contributed by atoms with van der Waals surface area (Å²) in [4.78, 5) is 32.8. The molecule has 1 unspecified atom stereocenters. The van der Waals surface area contributed by atoms with Gasteiger partial charge in [-0.25, -0.2) is 4.52 Å². The summed E-state index contributed by atoms with van der Waals surface area (Å²) in [6.45, 7) is 10.4. The highest BCUT2D eigenvalue weighted by Crippen LogP contribution is 2.41. The number of nitrogens with one attached hydrogen (secondary N) is 1. The van der Waals surface area contributed by atoms with Crippen LogP contribution < -0.4 is 11.1 Å². The van der Waals surface area contributed by atoms with Crippen molar-refractivity contribution in [1.29, 1.82) is 0 Å². The van der Waals surface area contributed by atoms with Crippen molar-refractivity contribution in [1.82, 2.24) is 29.3 Å². The Labute approximate surface area is 217 Å². The molecule has 1 aliphatic rings. The van der Waals surface area contributed by atoms with Crippen LogP contribution in [-0.4, -0.2) is 71.9 Å². The second-order valence-corrected chi connectivity index (χ2v) is 11.4. The van der Waals surface area contributed by atoms with Gasteiger partial charge in [0.1, 0.15) is 4.83 Å². The summed E-state index contributed by atoms with van der Waals surface area (Å²) in [7, 11) is 0. The third kappa shape index (κ3) is 4.99. The third-order valence-electron chi connectivity index (χ3n) is 6.26. The van der Waals surface area contributed by atoms with Crippen molar-refractivity contribution in [2.45, 2.75) is 40.3 Å². The van der Waals surface area contributed by atoms with Gasteiger partial charge in [-0.2, -0.15) is 10.2 Å². The molecule has 1 fully saturated rings. The van der Waals surface area contributed by atoms with Crippen LogP contribution in [0.2, 0.25) is 0 Å². The number of carbonyl (C=O) groups is 2. The van der Waals surface area contributed by atoms with E-state index in [0.717, 1.165) is 40.5 Å². The van der Waals surface area contributed by atoms with Crippen molar-refractivity contribution in [2.24, 2.45) is 11.1 Å². The standard InChI is InChI=1S/C25H30N8O3S/c1-14(34)9-32-10-16(6-28-32)22-21(33-24(37-22)19(8-29-33)23(26)36)18-5-17(7-27-15(18)2)30-20(35)11-31-12-25(3,4)13-31/h5-8,10,14,34H,9,11-13H2,1-4H3,(H2,26,36)(H,30,35). The second kappa shape index (κ2) is 9.36. The molecule has 11 nitrogen and oxygen atoms in total. The highest BCUT2D eigenvalue weighted by molar-refractivity contribution is 7.21. The van der Waals surface area contributed by atoms with E-state index < -0.39 is 12.0 Å². The zero-order chi connectivity index (χ0) is 26.5. The van der Waals surface area contributed by atoms with Gasteiger partial charge in [0.15, 0.2) is 0 Å². The van der Waals surface area contributed by atoms with E-state index >= 15 is 0 Å². The molecule has 12 heteroatoms. The van der Waals surface area contributed by atoms with E-state index in [4.69, 9.17) is 5.73 Å². The number of hydrogen-bond acceptors (Lipinski definition) is 8. The van der Waals surface area contributed by atoms with Crippen LogP contribution in [0.3, 0.4) is 0 Å². The highest BCUT2D eigenvalue weighted by atomic mass is 32.1. The third-order valence-corrected chi connectivity index (χ3v) is 7.48. The number of aliphatic hydroxyl groups is 1. The molecule has 0 spiro atoms. The van der Waals surface area contributed by atoms with Gasteiger partial charge in [0, 0.05) is 36.1 Å². The van der Waals surface area contributed by atoms with Crippen LogP contribution in [0.25, 0.3) is 26.5 Å². The van der Waals surface area contributed by atoms with E-state index in [-0.39, 0.29) is 11.3 Å². The lowest BCUT2D eigenvalue weighted by atomic mass is 9.84. The summed E-state index contributed by atoms with van der Waals surface area (Å²) in [6.07, 6.45) is 6.10. The van der Waals surface area contributed by atoms with Crippen LogP contribution in [0.1, 0.15) is 36.8 Å². The van der Waals surface area contributed by atoms with Gasteiger partial charge in [-0.1, -0.05) is 13.8 Å². The van der Waals surface area contributed by atoms with E-state index in [9.17, 15) is 14.7 Å². The first kappa shape index (κ1) is 25.1. The molecule has 0 aromatic carbocycles. The average molecular weight is 523 g/mol. The second-order valence-electron chi connectivity index (χ2n) is 10.4. The number of nitrogens with two attached hydrogens (primary N) is 1. The van der Waals surface area contributed by atoms with Crippen LogP contribution in [0.4, 0.5) is 5.69 Å². The summed E-state index contributed by atoms with van der Waals surface area (Å²) in [6, 6.07) is 1.87. The highest BCUT2D eigenvalue weighted by Gasteiger charge is 2.34.